The molecule has 1 aromatic heterocycles. The highest BCUT2D eigenvalue weighted by Crippen LogP contribution is 2.42. The molecule has 0 saturated heterocycles. The number of aliphatic hydroxyl groups is 1. The summed E-state index contributed by atoms with van der Waals surface area (Å²) in [4.78, 5) is 15.4. The number of nitro benzene ring substituents is 1. The number of rotatable bonds is 2. The van der Waals surface area contributed by atoms with Gasteiger partial charge >= 0.3 is 6.18 Å². The van der Waals surface area contributed by atoms with E-state index in [1.807, 2.05) is 13.8 Å². The predicted octanol–water partition coefficient (Wildman–Crippen LogP) is 3.80. The summed E-state index contributed by atoms with van der Waals surface area (Å²) in [7, 11) is 0. The Balaban J connectivity index is 2.03. The molecule has 0 amide bonds. The Morgan fingerprint density at radius 1 is 1.31 bits per heavy atom. The number of alkyl halides is 3. The van der Waals surface area contributed by atoms with E-state index in [9.17, 15) is 28.4 Å². The van der Waals surface area contributed by atoms with Crippen LogP contribution in [0.2, 0.25) is 0 Å². The summed E-state index contributed by atoms with van der Waals surface area (Å²) in [6, 6.07) is 6.36. The largest absolute Gasteiger partial charge is 0.433 e. The topological polar surface area (TPSA) is 79.5 Å². The molecule has 138 valence electrons. The summed E-state index contributed by atoms with van der Waals surface area (Å²) < 4.78 is 38.1. The zero-order valence-corrected chi connectivity index (χ0v) is 14.0. The quantitative estimate of drug-likeness (QED) is 0.645. The molecule has 2 aromatic rings. The second kappa shape index (κ2) is 5.94. The molecule has 0 saturated carbocycles. The number of anilines is 1. The van der Waals surface area contributed by atoms with Gasteiger partial charge in [-0.2, -0.15) is 13.2 Å². The molecule has 9 heteroatoms. The molecule has 0 radical (unpaired) electrons. The molecule has 26 heavy (non-hydrogen) atoms. The molecule has 1 aliphatic rings. The first-order valence-electron chi connectivity index (χ1n) is 7.77. The number of hydrogen-bond donors (Lipinski definition) is 1. The molecule has 1 N–H and O–H groups in total. The summed E-state index contributed by atoms with van der Waals surface area (Å²) >= 11 is 0. The first-order valence-corrected chi connectivity index (χ1v) is 7.77. The van der Waals surface area contributed by atoms with Crippen molar-refractivity contribution < 1.29 is 23.2 Å². The van der Waals surface area contributed by atoms with Crippen molar-refractivity contribution in [1.82, 2.24) is 4.98 Å². The second-order valence-electron chi connectivity index (χ2n) is 6.81. The van der Waals surface area contributed by atoms with Crippen LogP contribution in [-0.2, 0) is 11.6 Å². The third-order valence-electron chi connectivity index (χ3n) is 4.48. The summed E-state index contributed by atoms with van der Waals surface area (Å²) in [5.41, 5.74) is -0.251. The number of aliphatic hydroxyl groups excluding tert-OH is 1. The van der Waals surface area contributed by atoms with Crippen LogP contribution < -0.4 is 4.90 Å². The van der Waals surface area contributed by atoms with E-state index in [4.69, 9.17) is 0 Å². The minimum atomic E-state index is -4.55. The fourth-order valence-corrected chi connectivity index (χ4v) is 3.22. The fourth-order valence-electron chi connectivity index (χ4n) is 3.22. The van der Waals surface area contributed by atoms with Crippen molar-refractivity contribution in [2.75, 3.05) is 11.4 Å². The Labute approximate surface area is 147 Å². The van der Waals surface area contributed by atoms with Crippen LogP contribution in [0.1, 0.15) is 36.9 Å². The van der Waals surface area contributed by atoms with Gasteiger partial charge in [0.2, 0.25) is 0 Å². The van der Waals surface area contributed by atoms with Crippen molar-refractivity contribution in [3.05, 3.63) is 63.5 Å². The summed E-state index contributed by atoms with van der Waals surface area (Å²) in [6.45, 7) is 4.11. The zero-order valence-electron chi connectivity index (χ0n) is 14.0. The monoisotopic (exact) mass is 367 g/mol. The molecule has 3 rings (SSSR count). The number of nitro groups is 1. The zero-order chi connectivity index (χ0) is 19.3. The smallest absolute Gasteiger partial charge is 0.369 e. The van der Waals surface area contributed by atoms with Gasteiger partial charge in [-0.1, -0.05) is 19.9 Å². The molecule has 1 atom stereocenters. The summed E-state index contributed by atoms with van der Waals surface area (Å²) in [6.07, 6.45) is -4.73. The number of hydrogen-bond acceptors (Lipinski definition) is 5. The molecule has 0 spiro atoms. The summed E-state index contributed by atoms with van der Waals surface area (Å²) in [5, 5.41) is 21.7. The van der Waals surface area contributed by atoms with Crippen LogP contribution in [0.4, 0.5) is 24.5 Å². The van der Waals surface area contributed by atoms with Gasteiger partial charge in [-0.15, -0.1) is 0 Å². The molecule has 6 nitrogen and oxygen atoms in total. The molecule has 2 heterocycles. The Kier molecular flexibility index (Phi) is 4.14. The van der Waals surface area contributed by atoms with Crippen LogP contribution in [0.25, 0.3) is 0 Å². The van der Waals surface area contributed by atoms with Gasteiger partial charge in [0.15, 0.2) is 6.23 Å². The van der Waals surface area contributed by atoms with E-state index in [0.29, 0.717) is 17.8 Å². The third-order valence-corrected chi connectivity index (χ3v) is 4.48. The van der Waals surface area contributed by atoms with Crippen LogP contribution in [0, 0.1) is 10.1 Å². The fraction of sp³-hybridized carbons (Fsp3) is 0.353. The van der Waals surface area contributed by atoms with Gasteiger partial charge in [-0.25, -0.2) is 4.98 Å². The number of nitrogens with zero attached hydrogens (tertiary/aromatic N) is 3. The minimum Gasteiger partial charge on any atom is -0.369 e. The van der Waals surface area contributed by atoms with Crippen LogP contribution in [0.15, 0.2) is 36.5 Å². The van der Waals surface area contributed by atoms with Gasteiger partial charge < -0.3 is 10.0 Å². The van der Waals surface area contributed by atoms with E-state index < -0.39 is 28.4 Å². The van der Waals surface area contributed by atoms with Gasteiger partial charge in [-0.05, 0) is 17.7 Å². The van der Waals surface area contributed by atoms with Gasteiger partial charge in [0, 0.05) is 29.7 Å². The summed E-state index contributed by atoms with van der Waals surface area (Å²) in [5.74, 6) is 0. The van der Waals surface area contributed by atoms with E-state index in [-0.39, 0.29) is 5.69 Å². The van der Waals surface area contributed by atoms with Gasteiger partial charge in [0.25, 0.3) is 5.69 Å². The van der Waals surface area contributed by atoms with Crippen molar-refractivity contribution in [2.45, 2.75) is 31.7 Å². The first kappa shape index (κ1) is 18.1. The van der Waals surface area contributed by atoms with Crippen LogP contribution in [0.3, 0.4) is 0 Å². The number of halogens is 3. The highest BCUT2D eigenvalue weighted by Gasteiger charge is 2.39. The number of fused-ring (bicyclic) bond motifs is 1. The second-order valence-corrected chi connectivity index (χ2v) is 6.81. The predicted molar refractivity (Wildman–Crippen MR) is 87.7 cm³/mol. The lowest BCUT2D eigenvalue weighted by Gasteiger charge is -2.44. The standard InChI is InChI=1S/C17H16F3N3O3/c1-16(2)9-22(11-4-6-14(21-8-11)17(18,19)20)15(24)12-7-10(23(25)26)3-5-13(12)16/h3-8,15,24H,9H2,1-2H3. The van der Waals surface area contributed by atoms with Gasteiger partial charge in [0.05, 0.1) is 16.8 Å². The maximum Gasteiger partial charge on any atom is 0.433 e. The average Bonchev–Trinajstić information content (AvgIpc) is 2.57. The molecule has 1 aliphatic heterocycles. The van der Waals surface area contributed by atoms with Crippen molar-refractivity contribution in [3.8, 4) is 0 Å². The minimum absolute atomic E-state index is 0.161. The maximum absolute atomic E-state index is 12.7. The molecular formula is C17H16F3N3O3. The average molecular weight is 367 g/mol. The first-order chi connectivity index (χ1) is 12.0. The Morgan fingerprint density at radius 2 is 2.00 bits per heavy atom. The molecule has 0 fully saturated rings. The molecule has 1 aromatic carbocycles. The number of benzene rings is 1. The lowest BCUT2D eigenvalue weighted by molar-refractivity contribution is -0.385. The van der Waals surface area contributed by atoms with Crippen LogP contribution >= 0.6 is 0 Å². The molecule has 1 unspecified atom stereocenters. The number of non-ortho nitro benzene ring substituents is 1. The lowest BCUT2D eigenvalue weighted by Crippen LogP contribution is -2.45. The van der Waals surface area contributed by atoms with Crippen LogP contribution in [-0.4, -0.2) is 21.6 Å². The SMILES string of the molecule is CC1(C)CN(c2ccc(C(F)(F)F)nc2)C(O)c2cc([N+](=O)[O-])ccc21. The number of aromatic nitrogens is 1. The normalized spacial score (nSPS) is 19.2. The van der Waals surface area contributed by atoms with Crippen molar-refractivity contribution in [2.24, 2.45) is 0 Å². The third kappa shape index (κ3) is 3.10. The van der Waals surface area contributed by atoms with E-state index in [2.05, 4.69) is 4.98 Å². The van der Waals surface area contributed by atoms with E-state index in [1.165, 1.54) is 23.1 Å². The van der Waals surface area contributed by atoms with Crippen molar-refractivity contribution in [1.29, 1.82) is 0 Å². The maximum atomic E-state index is 12.7. The Morgan fingerprint density at radius 3 is 2.54 bits per heavy atom. The lowest BCUT2D eigenvalue weighted by atomic mass is 9.77. The van der Waals surface area contributed by atoms with Crippen LogP contribution in [0.5, 0.6) is 0 Å². The highest BCUT2D eigenvalue weighted by atomic mass is 19.4. The molecule has 0 aliphatic carbocycles. The Bertz CT molecular complexity index is 851. The van der Waals surface area contributed by atoms with Crippen molar-refractivity contribution in [3.63, 3.8) is 0 Å². The molecular weight excluding hydrogens is 351 g/mol. The highest BCUT2D eigenvalue weighted by molar-refractivity contribution is 5.55. The van der Waals surface area contributed by atoms with E-state index in [1.54, 1.807) is 6.07 Å². The van der Waals surface area contributed by atoms with Gasteiger partial charge in [0.1, 0.15) is 5.69 Å². The van der Waals surface area contributed by atoms with E-state index in [0.717, 1.165) is 17.8 Å². The Hall–Kier alpha value is -2.68. The van der Waals surface area contributed by atoms with Gasteiger partial charge in [-0.3, -0.25) is 10.1 Å². The van der Waals surface area contributed by atoms with Crippen molar-refractivity contribution >= 4 is 11.4 Å². The molecule has 0 bridgehead atoms. The number of pyridine rings is 1. The van der Waals surface area contributed by atoms with E-state index >= 15 is 0 Å².